The van der Waals surface area contributed by atoms with Crippen molar-refractivity contribution in [3.63, 3.8) is 0 Å². The van der Waals surface area contributed by atoms with Crippen LogP contribution in [0.3, 0.4) is 0 Å². The average Bonchev–Trinajstić information content (AvgIpc) is 1.12. The molecule has 0 nitrogen and oxygen atoms in total. The van der Waals surface area contributed by atoms with Crippen LogP contribution in [0.2, 0.25) is 0 Å². The van der Waals surface area contributed by atoms with Crippen molar-refractivity contribution in [2.45, 2.75) is 0 Å². The molecule has 0 aromatic heterocycles. The summed E-state index contributed by atoms with van der Waals surface area (Å²) >= 11 is 0. The van der Waals surface area contributed by atoms with Crippen molar-refractivity contribution in [2.24, 2.45) is 0 Å². The van der Waals surface area contributed by atoms with Gasteiger partial charge in [-0.3, -0.25) is 0 Å². The van der Waals surface area contributed by atoms with E-state index in [-0.39, 0.29) is 23.9 Å². The molecule has 0 rings (SSSR count). The zero-order valence-electron chi connectivity index (χ0n) is 4.68. The Bertz CT molecular complexity index is 55.1. The zero-order valence-corrected chi connectivity index (χ0v) is 7.53. The van der Waals surface area contributed by atoms with Gasteiger partial charge >= 0.3 is 38.4 Å². The average molecular weight is 292 g/mol. The van der Waals surface area contributed by atoms with Crippen LogP contribution in [0, 0.1) is 0 Å². The first-order valence-electron chi connectivity index (χ1n) is 1.75. The maximum absolute atomic E-state index is 9.75. The topological polar surface area (TPSA) is 0 Å². The summed E-state index contributed by atoms with van der Waals surface area (Å²) in [6.45, 7) is 0. The molecule has 11 heavy (non-hydrogen) atoms. The predicted molar refractivity (Wildman–Crippen MR) is 26.1 cm³/mol. The maximum atomic E-state index is 9.75. The van der Waals surface area contributed by atoms with E-state index in [1.54, 1.807) is 0 Å². The summed E-state index contributed by atoms with van der Waals surface area (Å²) in [5.41, 5.74) is 0. The molecule has 0 radical (unpaired) electrons. The molecule has 0 atom stereocenters. The minimum Gasteiger partial charge on any atom is -0.418 e. The van der Waals surface area contributed by atoms with Gasteiger partial charge in [-0.2, -0.15) is 0 Å². The first kappa shape index (κ1) is 17.5. The molecular formula is B2F8Sn+2. The van der Waals surface area contributed by atoms with E-state index in [2.05, 4.69) is 0 Å². The molecule has 0 aromatic rings. The fourth-order valence-electron chi connectivity index (χ4n) is 0. The third-order valence-electron chi connectivity index (χ3n) is 0. The van der Waals surface area contributed by atoms with E-state index in [1.807, 2.05) is 0 Å². The molecule has 0 fully saturated rings. The molecule has 0 amide bonds. The Hall–Kier alpha value is 0.369. The Labute approximate surface area is 73.5 Å². The van der Waals surface area contributed by atoms with E-state index in [0.29, 0.717) is 0 Å². The van der Waals surface area contributed by atoms with Gasteiger partial charge in [-0.25, -0.2) is 0 Å². The molecule has 0 aliphatic heterocycles. The molecule has 0 bridgehead atoms. The molecule has 0 aliphatic rings. The van der Waals surface area contributed by atoms with E-state index >= 15 is 0 Å². The first-order chi connectivity index (χ1) is 4.00. The van der Waals surface area contributed by atoms with Crippen LogP contribution in [-0.4, -0.2) is 38.4 Å². The summed E-state index contributed by atoms with van der Waals surface area (Å²) in [7, 11) is -12.0. The van der Waals surface area contributed by atoms with Gasteiger partial charge in [0.1, 0.15) is 0 Å². The fourth-order valence-corrected chi connectivity index (χ4v) is 0. The Morgan fingerprint density at radius 2 is 0.455 bits per heavy atom. The Morgan fingerprint density at radius 3 is 0.455 bits per heavy atom. The second kappa shape index (κ2) is 5.95. The number of hydrogen-bond acceptors (Lipinski definition) is 0. The molecule has 0 aliphatic carbocycles. The number of rotatable bonds is 0. The summed E-state index contributed by atoms with van der Waals surface area (Å²) in [6, 6.07) is 0. The summed E-state index contributed by atoms with van der Waals surface area (Å²) in [6.07, 6.45) is 0. The largest absolute Gasteiger partial charge is 4.00 e. The third kappa shape index (κ3) is 5350. The maximum Gasteiger partial charge on any atom is 4.00 e. The van der Waals surface area contributed by atoms with E-state index in [9.17, 15) is 34.5 Å². The molecule has 11 heteroatoms. The monoisotopic (exact) mass is 294 g/mol. The van der Waals surface area contributed by atoms with E-state index in [4.69, 9.17) is 0 Å². The zero-order chi connectivity index (χ0) is 9.00. The van der Waals surface area contributed by atoms with E-state index < -0.39 is 14.5 Å². The normalized spacial score (nSPS) is 10.9. The Morgan fingerprint density at radius 1 is 0.455 bits per heavy atom. The van der Waals surface area contributed by atoms with Crippen molar-refractivity contribution in [2.75, 3.05) is 0 Å². The van der Waals surface area contributed by atoms with Crippen LogP contribution in [0.25, 0.3) is 0 Å². The molecule has 0 N–H and O–H groups in total. The van der Waals surface area contributed by atoms with Gasteiger partial charge in [-0.05, 0) is 0 Å². The van der Waals surface area contributed by atoms with Gasteiger partial charge in [-0.1, -0.05) is 0 Å². The van der Waals surface area contributed by atoms with Crippen molar-refractivity contribution in [3.05, 3.63) is 0 Å². The van der Waals surface area contributed by atoms with Crippen molar-refractivity contribution >= 4 is 38.4 Å². The van der Waals surface area contributed by atoms with Crippen molar-refractivity contribution in [1.82, 2.24) is 0 Å². The second-order valence-electron chi connectivity index (χ2n) is 0.990. The minimum atomic E-state index is -6.00. The molecule has 0 heterocycles. The van der Waals surface area contributed by atoms with Gasteiger partial charge in [0, 0.05) is 0 Å². The summed E-state index contributed by atoms with van der Waals surface area (Å²) < 4.78 is 78.0. The molecule has 0 aromatic carbocycles. The molecule has 0 unspecified atom stereocenters. The van der Waals surface area contributed by atoms with Crippen LogP contribution < -0.4 is 0 Å². The van der Waals surface area contributed by atoms with Crippen molar-refractivity contribution < 1.29 is 34.5 Å². The number of halogens is 8. The molecule has 0 saturated heterocycles. The standard InChI is InChI=1S/2BF4.Sn/c2*2-1(3,4)5;/q2*-1;+4. The van der Waals surface area contributed by atoms with Crippen LogP contribution >= 0.6 is 0 Å². The number of hydrogen-bond donors (Lipinski definition) is 0. The van der Waals surface area contributed by atoms with Crippen molar-refractivity contribution in [3.8, 4) is 0 Å². The van der Waals surface area contributed by atoms with Crippen LogP contribution in [0.1, 0.15) is 0 Å². The second-order valence-corrected chi connectivity index (χ2v) is 0.990. The van der Waals surface area contributed by atoms with Gasteiger partial charge in [0.2, 0.25) is 0 Å². The fraction of sp³-hybridized carbons (Fsp3) is 0. The molecule has 0 saturated carbocycles. The summed E-state index contributed by atoms with van der Waals surface area (Å²) in [5, 5.41) is 0. The van der Waals surface area contributed by atoms with Crippen LogP contribution in [-0.2, 0) is 0 Å². The summed E-state index contributed by atoms with van der Waals surface area (Å²) in [5.74, 6) is 0. The summed E-state index contributed by atoms with van der Waals surface area (Å²) in [4.78, 5) is 0. The van der Waals surface area contributed by atoms with Gasteiger partial charge in [0.05, 0.1) is 0 Å². The predicted octanol–water partition coefficient (Wildman–Crippen LogP) is 2.22. The first-order valence-corrected chi connectivity index (χ1v) is 1.75. The minimum absolute atomic E-state index is 0. The van der Waals surface area contributed by atoms with Crippen LogP contribution in [0.5, 0.6) is 0 Å². The van der Waals surface area contributed by atoms with E-state index in [0.717, 1.165) is 0 Å². The van der Waals surface area contributed by atoms with Crippen LogP contribution in [0.15, 0.2) is 0 Å². The van der Waals surface area contributed by atoms with Gasteiger partial charge < -0.3 is 34.5 Å². The smallest absolute Gasteiger partial charge is 0.418 e. The van der Waals surface area contributed by atoms with E-state index in [1.165, 1.54) is 0 Å². The third-order valence-corrected chi connectivity index (χ3v) is 0. The quantitative estimate of drug-likeness (QED) is 0.474. The van der Waals surface area contributed by atoms with Gasteiger partial charge in [0.15, 0.2) is 0 Å². The van der Waals surface area contributed by atoms with Crippen LogP contribution in [0.4, 0.5) is 34.5 Å². The van der Waals surface area contributed by atoms with Crippen molar-refractivity contribution in [1.29, 1.82) is 0 Å². The molecular weight excluding hydrogens is 292 g/mol. The van der Waals surface area contributed by atoms with Gasteiger partial charge in [-0.15, -0.1) is 0 Å². The SMILES string of the molecule is F[B-](F)(F)F.F[B-](F)(F)F.[Sn+4]. The van der Waals surface area contributed by atoms with Gasteiger partial charge in [0.25, 0.3) is 0 Å². The molecule has 64 valence electrons. The Kier molecular flexibility index (Phi) is 9.44. The molecule has 0 spiro atoms. The Balaban J connectivity index is -0.000000107.